The molecule has 0 radical (unpaired) electrons. The molecule has 74 valence electrons. The molecule has 0 N–H and O–H groups in total. The molecule has 1 aromatic heterocycles. The molecule has 0 fully saturated rings. The number of hydrogen-bond acceptors (Lipinski definition) is 2. The van der Waals surface area contributed by atoms with E-state index in [1.54, 1.807) is 0 Å². The van der Waals surface area contributed by atoms with Crippen molar-refractivity contribution in [3.05, 3.63) is 33.6 Å². The van der Waals surface area contributed by atoms with Crippen LogP contribution >= 0.6 is 27.3 Å². The Morgan fingerprint density at radius 2 is 2.14 bits per heavy atom. The molecule has 0 aliphatic rings. The maximum absolute atomic E-state index is 3.60. The van der Waals surface area contributed by atoms with Gasteiger partial charge in [-0.1, -0.05) is 22.0 Å². The monoisotopic (exact) mass is 269 g/mol. The minimum Gasteiger partial charge on any atom is -0.305 e. The Kier molecular flexibility index (Phi) is 2.91. The number of nitrogens with zero attached hydrogens (tertiary/aromatic N) is 1. The predicted molar refractivity (Wildman–Crippen MR) is 66.9 cm³/mol. The van der Waals surface area contributed by atoms with Crippen molar-refractivity contribution in [2.45, 2.75) is 6.54 Å². The number of benzene rings is 1. The van der Waals surface area contributed by atoms with Crippen molar-refractivity contribution in [2.75, 3.05) is 14.1 Å². The molecule has 1 nitrogen and oxygen atoms in total. The molecule has 1 aromatic carbocycles. The third-order valence-electron chi connectivity index (χ3n) is 2.11. The van der Waals surface area contributed by atoms with E-state index in [0.29, 0.717) is 0 Å². The average molecular weight is 270 g/mol. The van der Waals surface area contributed by atoms with Gasteiger partial charge in [-0.25, -0.2) is 0 Å². The molecule has 3 heteroatoms. The van der Waals surface area contributed by atoms with Crippen LogP contribution in [0, 0.1) is 0 Å². The van der Waals surface area contributed by atoms with Crippen molar-refractivity contribution in [3.63, 3.8) is 0 Å². The number of thiophene rings is 1. The molecule has 0 aliphatic heterocycles. The normalized spacial score (nSPS) is 11.4. The molecule has 0 aliphatic carbocycles. The Labute approximate surface area is 96.5 Å². The van der Waals surface area contributed by atoms with Gasteiger partial charge in [0.1, 0.15) is 0 Å². The van der Waals surface area contributed by atoms with Gasteiger partial charge in [0.05, 0.1) is 0 Å². The lowest BCUT2D eigenvalue weighted by Crippen LogP contribution is -2.10. The third-order valence-corrected chi connectivity index (χ3v) is 3.77. The first-order chi connectivity index (χ1) is 6.68. The van der Waals surface area contributed by atoms with Gasteiger partial charge in [-0.05, 0) is 37.2 Å². The first kappa shape index (κ1) is 10.1. The number of fused-ring (bicyclic) bond motifs is 1. The van der Waals surface area contributed by atoms with Gasteiger partial charge in [0, 0.05) is 21.1 Å². The van der Waals surface area contributed by atoms with Gasteiger partial charge in [0.15, 0.2) is 0 Å². The van der Waals surface area contributed by atoms with E-state index < -0.39 is 0 Å². The zero-order valence-corrected chi connectivity index (χ0v) is 10.7. The third kappa shape index (κ3) is 1.85. The lowest BCUT2D eigenvalue weighted by Gasteiger charge is -2.08. The van der Waals surface area contributed by atoms with Crippen LogP contribution in [0.5, 0.6) is 0 Å². The van der Waals surface area contributed by atoms with E-state index >= 15 is 0 Å². The Morgan fingerprint density at radius 1 is 1.36 bits per heavy atom. The van der Waals surface area contributed by atoms with E-state index in [9.17, 15) is 0 Å². The van der Waals surface area contributed by atoms with Gasteiger partial charge in [0.25, 0.3) is 0 Å². The van der Waals surface area contributed by atoms with Gasteiger partial charge in [0.2, 0.25) is 0 Å². The van der Waals surface area contributed by atoms with Crippen LogP contribution in [0.2, 0.25) is 0 Å². The molecular formula is C11H12BrNS. The van der Waals surface area contributed by atoms with Crippen molar-refractivity contribution in [2.24, 2.45) is 0 Å². The zero-order valence-electron chi connectivity index (χ0n) is 8.25. The van der Waals surface area contributed by atoms with Gasteiger partial charge in [-0.3, -0.25) is 0 Å². The maximum atomic E-state index is 3.60. The highest BCUT2D eigenvalue weighted by atomic mass is 79.9. The predicted octanol–water partition coefficient (Wildman–Crippen LogP) is 3.73. The first-order valence-corrected chi connectivity index (χ1v) is 6.15. The summed E-state index contributed by atoms with van der Waals surface area (Å²) in [5.74, 6) is 0. The van der Waals surface area contributed by atoms with E-state index in [1.807, 2.05) is 11.3 Å². The molecule has 0 saturated heterocycles. The van der Waals surface area contributed by atoms with Crippen LogP contribution in [0.3, 0.4) is 0 Å². The summed E-state index contributed by atoms with van der Waals surface area (Å²) >= 11 is 5.42. The van der Waals surface area contributed by atoms with E-state index in [4.69, 9.17) is 0 Å². The fourth-order valence-electron chi connectivity index (χ4n) is 1.56. The minimum atomic E-state index is 1.00. The van der Waals surface area contributed by atoms with Crippen LogP contribution in [0.4, 0.5) is 0 Å². The first-order valence-electron chi connectivity index (χ1n) is 4.48. The van der Waals surface area contributed by atoms with Gasteiger partial charge < -0.3 is 4.90 Å². The van der Waals surface area contributed by atoms with E-state index in [2.05, 4.69) is 58.5 Å². The van der Waals surface area contributed by atoms with Crippen molar-refractivity contribution >= 4 is 37.4 Å². The molecule has 0 atom stereocenters. The van der Waals surface area contributed by atoms with E-state index in [-0.39, 0.29) is 0 Å². The Bertz CT molecular complexity index is 447. The summed E-state index contributed by atoms with van der Waals surface area (Å²) in [5.41, 5.74) is 1.41. The Morgan fingerprint density at radius 3 is 2.86 bits per heavy atom. The molecule has 2 aromatic rings. The van der Waals surface area contributed by atoms with Crippen molar-refractivity contribution in [1.82, 2.24) is 4.90 Å². The van der Waals surface area contributed by atoms with Crippen molar-refractivity contribution in [1.29, 1.82) is 0 Å². The highest BCUT2D eigenvalue weighted by molar-refractivity contribution is 9.10. The average Bonchev–Trinajstić information content (AvgIpc) is 2.49. The van der Waals surface area contributed by atoms with Gasteiger partial charge >= 0.3 is 0 Å². The SMILES string of the molecule is CN(C)Cc1csc2cccc(Br)c12. The second kappa shape index (κ2) is 4.01. The fraction of sp³-hybridized carbons (Fsp3) is 0.273. The molecule has 0 saturated carbocycles. The standard InChI is InChI=1S/C11H12BrNS/c1-13(2)6-8-7-14-10-5-3-4-9(12)11(8)10/h3-5,7H,6H2,1-2H3. The van der Waals surface area contributed by atoms with Crippen molar-refractivity contribution < 1.29 is 0 Å². The Hall–Kier alpha value is -0.380. The molecular weight excluding hydrogens is 258 g/mol. The topological polar surface area (TPSA) is 3.24 Å². The largest absolute Gasteiger partial charge is 0.305 e. The molecule has 0 spiro atoms. The highest BCUT2D eigenvalue weighted by Crippen LogP contribution is 2.32. The van der Waals surface area contributed by atoms with Crippen LogP contribution in [0.25, 0.3) is 10.1 Å². The van der Waals surface area contributed by atoms with Crippen LogP contribution in [-0.2, 0) is 6.54 Å². The molecule has 0 bridgehead atoms. The van der Waals surface area contributed by atoms with Gasteiger partial charge in [-0.15, -0.1) is 11.3 Å². The van der Waals surface area contributed by atoms with Crippen LogP contribution in [0.1, 0.15) is 5.56 Å². The summed E-state index contributed by atoms with van der Waals surface area (Å²) in [7, 11) is 4.20. The molecule has 2 rings (SSSR count). The summed E-state index contributed by atoms with van der Waals surface area (Å²) in [6, 6.07) is 6.36. The van der Waals surface area contributed by atoms with Crippen LogP contribution < -0.4 is 0 Å². The number of rotatable bonds is 2. The van der Waals surface area contributed by atoms with E-state index in [0.717, 1.165) is 6.54 Å². The minimum absolute atomic E-state index is 1.00. The lowest BCUT2D eigenvalue weighted by molar-refractivity contribution is 0.404. The summed E-state index contributed by atoms with van der Waals surface area (Å²) in [6.45, 7) is 1.00. The number of hydrogen-bond donors (Lipinski definition) is 0. The summed E-state index contributed by atoms with van der Waals surface area (Å²) in [4.78, 5) is 2.20. The second-order valence-electron chi connectivity index (χ2n) is 3.61. The van der Waals surface area contributed by atoms with Crippen LogP contribution in [0.15, 0.2) is 28.1 Å². The smallest absolute Gasteiger partial charge is 0.0357 e. The fourth-order valence-corrected chi connectivity index (χ4v) is 3.29. The molecule has 0 unspecified atom stereocenters. The summed E-state index contributed by atoms with van der Waals surface area (Å²) in [5, 5.41) is 3.61. The molecule has 0 amide bonds. The molecule has 1 heterocycles. The maximum Gasteiger partial charge on any atom is 0.0357 e. The summed E-state index contributed by atoms with van der Waals surface area (Å²) in [6.07, 6.45) is 0. The quantitative estimate of drug-likeness (QED) is 0.803. The second-order valence-corrected chi connectivity index (χ2v) is 5.38. The Balaban J connectivity index is 2.55. The van der Waals surface area contributed by atoms with Gasteiger partial charge in [-0.2, -0.15) is 0 Å². The highest BCUT2D eigenvalue weighted by Gasteiger charge is 2.07. The molecule has 14 heavy (non-hydrogen) atoms. The van der Waals surface area contributed by atoms with Crippen molar-refractivity contribution in [3.8, 4) is 0 Å². The lowest BCUT2D eigenvalue weighted by atomic mass is 10.2. The zero-order chi connectivity index (χ0) is 10.1. The summed E-state index contributed by atoms with van der Waals surface area (Å²) < 4.78 is 2.56. The number of halogens is 1. The van der Waals surface area contributed by atoms with Crippen LogP contribution in [-0.4, -0.2) is 19.0 Å². The van der Waals surface area contributed by atoms with E-state index in [1.165, 1.54) is 20.1 Å².